The Morgan fingerprint density at radius 1 is 1.09 bits per heavy atom. The van der Waals surface area contributed by atoms with Crippen molar-refractivity contribution >= 4 is 38.2 Å². The number of nitrogens with one attached hydrogen (secondary N) is 1. The van der Waals surface area contributed by atoms with E-state index in [0.29, 0.717) is 29.4 Å². The lowest BCUT2D eigenvalue weighted by Gasteiger charge is -2.31. The lowest BCUT2D eigenvalue weighted by molar-refractivity contribution is 0.0652. The first-order valence-electron chi connectivity index (χ1n) is 11.7. The van der Waals surface area contributed by atoms with Crippen molar-refractivity contribution in [3.63, 3.8) is 0 Å². The zero-order chi connectivity index (χ0) is 23.2. The molecule has 1 amide bonds. The van der Waals surface area contributed by atoms with Crippen LogP contribution in [0.25, 0.3) is 22.2 Å². The maximum absolute atomic E-state index is 12.8. The first kappa shape index (κ1) is 21.8. The average molecular weight is 467 g/mol. The molecule has 0 radical (unpaired) electrons. The van der Waals surface area contributed by atoms with Crippen LogP contribution in [0.1, 0.15) is 55.4 Å². The quantitative estimate of drug-likeness (QED) is 0.531. The number of rotatable bonds is 7. The van der Waals surface area contributed by atoms with Crippen molar-refractivity contribution in [1.82, 2.24) is 9.47 Å². The summed E-state index contributed by atoms with van der Waals surface area (Å²) in [7, 11) is -3.34. The van der Waals surface area contributed by atoms with E-state index in [4.69, 9.17) is 5.73 Å². The zero-order valence-electron chi connectivity index (χ0n) is 18.9. The van der Waals surface area contributed by atoms with E-state index in [-0.39, 0.29) is 11.7 Å². The fraction of sp³-hybridized carbons (Fsp3) is 0.400. The van der Waals surface area contributed by atoms with Gasteiger partial charge in [0.25, 0.3) is 5.91 Å². The van der Waals surface area contributed by atoms with E-state index in [1.807, 2.05) is 42.2 Å². The van der Waals surface area contributed by atoms with Crippen molar-refractivity contribution < 1.29 is 13.2 Å². The smallest absolute Gasteiger partial charge is 0.253 e. The van der Waals surface area contributed by atoms with E-state index in [1.54, 1.807) is 12.1 Å². The molecule has 5 rings (SSSR count). The van der Waals surface area contributed by atoms with Gasteiger partial charge in [0.2, 0.25) is 10.0 Å². The van der Waals surface area contributed by atoms with Crippen LogP contribution in [0, 0.1) is 0 Å². The van der Waals surface area contributed by atoms with Crippen LogP contribution in [0.15, 0.2) is 42.5 Å². The van der Waals surface area contributed by atoms with E-state index < -0.39 is 10.0 Å². The second kappa shape index (κ2) is 8.41. The van der Waals surface area contributed by atoms with Gasteiger partial charge in [0.15, 0.2) is 0 Å². The van der Waals surface area contributed by atoms with Crippen molar-refractivity contribution in [2.75, 3.05) is 29.3 Å². The molecule has 0 bridgehead atoms. The van der Waals surface area contributed by atoms with Crippen LogP contribution < -0.4 is 10.5 Å². The summed E-state index contributed by atoms with van der Waals surface area (Å²) >= 11 is 0. The number of hydrogen-bond acceptors (Lipinski definition) is 4. The highest BCUT2D eigenvalue weighted by Gasteiger charge is 2.28. The van der Waals surface area contributed by atoms with Crippen molar-refractivity contribution in [2.24, 2.45) is 0 Å². The van der Waals surface area contributed by atoms with Gasteiger partial charge in [-0.1, -0.05) is 19.1 Å². The van der Waals surface area contributed by atoms with Crippen LogP contribution in [0.5, 0.6) is 0 Å². The fourth-order valence-corrected chi connectivity index (χ4v) is 5.82. The second-order valence-electron chi connectivity index (χ2n) is 9.09. The van der Waals surface area contributed by atoms with E-state index in [2.05, 4.69) is 9.29 Å². The summed E-state index contributed by atoms with van der Waals surface area (Å²) in [6, 6.07) is 13.6. The molecule has 1 aromatic heterocycles. The molecule has 3 aromatic rings. The molecule has 3 N–H and O–H groups in total. The summed E-state index contributed by atoms with van der Waals surface area (Å²) in [6.45, 7) is 3.47. The Bertz CT molecular complexity index is 1300. The molecule has 1 aliphatic carbocycles. The molecular weight excluding hydrogens is 436 g/mol. The number of nitrogen functional groups attached to an aromatic ring is 1. The number of likely N-dealkylation sites (tertiary alicyclic amines) is 1. The van der Waals surface area contributed by atoms with Crippen LogP contribution in [0.4, 0.5) is 11.4 Å². The molecule has 1 aliphatic heterocycles. The Balaban J connectivity index is 1.55. The lowest BCUT2D eigenvalue weighted by Crippen LogP contribution is -2.41. The molecule has 174 valence electrons. The van der Waals surface area contributed by atoms with Crippen LogP contribution in [0.3, 0.4) is 0 Å². The minimum absolute atomic E-state index is 0.0595. The van der Waals surface area contributed by atoms with Gasteiger partial charge >= 0.3 is 0 Å². The van der Waals surface area contributed by atoms with Gasteiger partial charge in [0, 0.05) is 41.3 Å². The van der Waals surface area contributed by atoms with Crippen molar-refractivity contribution in [3.8, 4) is 11.3 Å². The lowest BCUT2D eigenvalue weighted by atomic mass is 9.92. The van der Waals surface area contributed by atoms with Crippen LogP contribution in [0.2, 0.25) is 0 Å². The highest BCUT2D eigenvalue weighted by molar-refractivity contribution is 7.92. The normalized spacial score (nSPS) is 16.5. The van der Waals surface area contributed by atoms with Gasteiger partial charge in [0.1, 0.15) is 0 Å². The third kappa shape index (κ3) is 3.97. The minimum atomic E-state index is -3.34. The molecular formula is C25H30N4O3S. The standard InChI is InChI=1S/C25H30N4O3S/c1-2-15-33(31,32)27-19-10-7-17(8-11-19)24-23(26)21-16-18(25(30)28-13-4-14-28)9-12-22(21)29(24)20-5-3-6-20/h7-12,16,20,27H,2-6,13-15,26H2,1H3. The highest BCUT2D eigenvalue weighted by atomic mass is 32.2. The summed E-state index contributed by atoms with van der Waals surface area (Å²) in [6.07, 6.45) is 5.00. The Hall–Kier alpha value is -3.00. The minimum Gasteiger partial charge on any atom is -0.396 e. The van der Waals surface area contributed by atoms with Crippen LogP contribution >= 0.6 is 0 Å². The van der Waals surface area contributed by atoms with Crippen molar-refractivity contribution in [3.05, 3.63) is 48.0 Å². The maximum Gasteiger partial charge on any atom is 0.253 e. The largest absolute Gasteiger partial charge is 0.396 e. The third-order valence-corrected chi connectivity index (χ3v) is 8.27. The zero-order valence-corrected chi connectivity index (χ0v) is 19.7. The molecule has 33 heavy (non-hydrogen) atoms. The first-order valence-corrected chi connectivity index (χ1v) is 13.4. The SMILES string of the molecule is CCCS(=O)(=O)Nc1ccc(-c2c(N)c3cc(C(=O)N4CCC4)ccc3n2C2CCC2)cc1. The van der Waals surface area contributed by atoms with Crippen LogP contribution in [-0.4, -0.2) is 42.6 Å². The number of amides is 1. The van der Waals surface area contributed by atoms with Gasteiger partial charge in [-0.05, 0) is 62.4 Å². The average Bonchev–Trinajstić information content (AvgIpc) is 2.97. The number of hydrogen-bond donors (Lipinski definition) is 2. The molecule has 7 nitrogen and oxygen atoms in total. The molecule has 2 aromatic carbocycles. The third-order valence-electron chi connectivity index (χ3n) is 6.78. The number of anilines is 2. The monoisotopic (exact) mass is 466 g/mol. The van der Waals surface area contributed by atoms with Crippen molar-refractivity contribution in [2.45, 2.75) is 45.1 Å². The molecule has 0 spiro atoms. The number of nitrogens with zero attached hydrogens (tertiary/aromatic N) is 2. The molecule has 2 aliphatic rings. The summed E-state index contributed by atoms with van der Waals surface area (Å²) < 4.78 is 29.2. The highest BCUT2D eigenvalue weighted by Crippen LogP contribution is 2.44. The predicted molar refractivity (Wildman–Crippen MR) is 133 cm³/mol. The number of aromatic nitrogens is 1. The van der Waals surface area contributed by atoms with Crippen molar-refractivity contribution in [1.29, 1.82) is 0 Å². The molecule has 8 heteroatoms. The number of nitrogens with two attached hydrogens (primary N) is 1. The number of carbonyl (C=O) groups excluding carboxylic acids is 1. The second-order valence-corrected chi connectivity index (χ2v) is 10.9. The number of fused-ring (bicyclic) bond motifs is 1. The summed E-state index contributed by atoms with van der Waals surface area (Å²) in [5.74, 6) is 0.153. The topological polar surface area (TPSA) is 97.4 Å². The Labute approximate surface area is 194 Å². The summed E-state index contributed by atoms with van der Waals surface area (Å²) in [5.41, 5.74) is 11.5. The molecule has 1 saturated heterocycles. The van der Waals surface area contributed by atoms with E-state index in [1.165, 1.54) is 6.42 Å². The van der Waals surface area contributed by atoms with Gasteiger partial charge in [0.05, 0.1) is 22.7 Å². The molecule has 2 fully saturated rings. The molecule has 0 unspecified atom stereocenters. The van der Waals surface area contributed by atoms with Gasteiger partial charge in [-0.2, -0.15) is 0 Å². The predicted octanol–water partition coefficient (Wildman–Crippen LogP) is 4.61. The van der Waals surface area contributed by atoms with E-state index in [9.17, 15) is 13.2 Å². The van der Waals surface area contributed by atoms with Gasteiger partial charge in [-0.15, -0.1) is 0 Å². The van der Waals surface area contributed by atoms with Gasteiger partial charge in [-0.25, -0.2) is 8.42 Å². The van der Waals surface area contributed by atoms with Crippen LogP contribution in [-0.2, 0) is 10.0 Å². The summed E-state index contributed by atoms with van der Waals surface area (Å²) in [4.78, 5) is 14.6. The van der Waals surface area contributed by atoms with E-state index >= 15 is 0 Å². The number of sulfonamides is 1. The van der Waals surface area contributed by atoms with Gasteiger partial charge in [-0.3, -0.25) is 9.52 Å². The Morgan fingerprint density at radius 3 is 2.39 bits per heavy atom. The summed E-state index contributed by atoms with van der Waals surface area (Å²) in [5, 5.41) is 0.899. The molecule has 2 heterocycles. The molecule has 1 saturated carbocycles. The van der Waals surface area contributed by atoms with Gasteiger partial charge < -0.3 is 15.2 Å². The maximum atomic E-state index is 12.8. The fourth-order valence-electron chi connectivity index (χ4n) is 4.69. The molecule has 0 atom stereocenters. The Morgan fingerprint density at radius 2 is 1.82 bits per heavy atom. The van der Waals surface area contributed by atoms with E-state index in [0.717, 1.165) is 54.5 Å². The first-order chi connectivity index (χ1) is 15.9. The number of benzene rings is 2. The Kier molecular flexibility index (Phi) is 5.56. The number of carbonyl (C=O) groups is 1.